The zero-order valence-electron chi connectivity index (χ0n) is 18.7. The molecule has 0 fully saturated rings. The average Bonchev–Trinajstić information content (AvgIpc) is 3.20. The first-order valence-corrected chi connectivity index (χ1v) is 13.3. The van der Waals surface area contributed by atoms with Crippen LogP contribution in [0, 0.1) is 0 Å². The van der Waals surface area contributed by atoms with Crippen molar-refractivity contribution in [1.29, 1.82) is 0 Å². The standard InChI is InChI=1S/C25H27N3O3S2/c1-3-14-28(15-4-2)33(30,31)20-12-13-22-23(17-20)32-25(26-22)27-24(29)16-19-10-7-9-18-8-5-6-11-21(18)19/h5-13,17H,3-4,14-16H2,1-2H3,(H,26,27,29). The molecule has 33 heavy (non-hydrogen) atoms. The van der Waals surface area contributed by atoms with Crippen LogP contribution in [0.15, 0.2) is 65.6 Å². The fraction of sp³-hybridized carbons (Fsp3) is 0.280. The lowest BCUT2D eigenvalue weighted by molar-refractivity contribution is -0.115. The van der Waals surface area contributed by atoms with Crippen LogP contribution in [0.3, 0.4) is 0 Å². The number of thiazole rings is 1. The average molecular weight is 482 g/mol. The molecule has 0 bridgehead atoms. The van der Waals surface area contributed by atoms with E-state index in [0.29, 0.717) is 23.7 Å². The summed E-state index contributed by atoms with van der Waals surface area (Å²) in [5.74, 6) is -0.157. The Morgan fingerprint density at radius 1 is 1.00 bits per heavy atom. The molecule has 172 valence electrons. The predicted molar refractivity (Wildman–Crippen MR) is 135 cm³/mol. The molecule has 0 atom stereocenters. The van der Waals surface area contributed by atoms with Crippen molar-refractivity contribution in [3.63, 3.8) is 0 Å². The molecule has 1 N–H and O–H groups in total. The number of carbonyl (C=O) groups excluding carboxylic acids is 1. The molecule has 0 aliphatic heterocycles. The Hall–Kier alpha value is -2.81. The summed E-state index contributed by atoms with van der Waals surface area (Å²) in [5.41, 5.74) is 1.61. The Balaban J connectivity index is 1.54. The third-order valence-corrected chi connectivity index (χ3v) is 8.25. The van der Waals surface area contributed by atoms with Crippen LogP contribution in [0.1, 0.15) is 32.3 Å². The topological polar surface area (TPSA) is 79.4 Å². The molecular formula is C25H27N3O3S2. The van der Waals surface area contributed by atoms with Crippen molar-refractivity contribution in [3.05, 3.63) is 66.2 Å². The summed E-state index contributed by atoms with van der Waals surface area (Å²) in [7, 11) is -3.57. The molecule has 1 heterocycles. The molecule has 3 aromatic carbocycles. The van der Waals surface area contributed by atoms with E-state index in [0.717, 1.165) is 33.9 Å². The number of fused-ring (bicyclic) bond motifs is 2. The Bertz CT molecular complexity index is 1390. The number of benzene rings is 3. The van der Waals surface area contributed by atoms with E-state index >= 15 is 0 Å². The van der Waals surface area contributed by atoms with Crippen molar-refractivity contribution < 1.29 is 13.2 Å². The molecule has 0 saturated carbocycles. The largest absolute Gasteiger partial charge is 0.302 e. The first-order chi connectivity index (χ1) is 15.9. The Labute approximate surface area is 198 Å². The van der Waals surface area contributed by atoms with Crippen molar-refractivity contribution in [2.75, 3.05) is 18.4 Å². The minimum Gasteiger partial charge on any atom is -0.302 e. The van der Waals surface area contributed by atoms with Gasteiger partial charge in [0.2, 0.25) is 15.9 Å². The smallest absolute Gasteiger partial charge is 0.243 e. The van der Waals surface area contributed by atoms with Gasteiger partial charge in [-0.05, 0) is 47.4 Å². The van der Waals surface area contributed by atoms with E-state index in [4.69, 9.17) is 0 Å². The second kappa shape index (κ2) is 9.99. The molecule has 0 unspecified atom stereocenters. The molecule has 0 saturated heterocycles. The van der Waals surface area contributed by atoms with Gasteiger partial charge in [-0.15, -0.1) is 0 Å². The number of nitrogens with one attached hydrogen (secondary N) is 1. The van der Waals surface area contributed by atoms with Crippen LogP contribution in [0.5, 0.6) is 0 Å². The SMILES string of the molecule is CCCN(CCC)S(=O)(=O)c1ccc2nc(NC(=O)Cc3cccc4ccccc34)sc2c1. The molecular weight excluding hydrogens is 454 g/mol. The zero-order valence-corrected chi connectivity index (χ0v) is 20.4. The summed E-state index contributed by atoms with van der Waals surface area (Å²) in [4.78, 5) is 17.4. The van der Waals surface area contributed by atoms with Gasteiger partial charge in [0, 0.05) is 13.1 Å². The van der Waals surface area contributed by atoms with Crippen LogP contribution in [-0.4, -0.2) is 36.7 Å². The van der Waals surface area contributed by atoms with Gasteiger partial charge in [0.25, 0.3) is 0 Å². The molecule has 4 rings (SSSR count). The number of nitrogens with zero attached hydrogens (tertiary/aromatic N) is 2. The molecule has 0 aliphatic rings. The second-order valence-corrected chi connectivity index (χ2v) is 10.9. The van der Waals surface area contributed by atoms with Crippen LogP contribution >= 0.6 is 11.3 Å². The maximum absolute atomic E-state index is 13.1. The van der Waals surface area contributed by atoms with Gasteiger partial charge in [-0.25, -0.2) is 13.4 Å². The van der Waals surface area contributed by atoms with E-state index < -0.39 is 10.0 Å². The van der Waals surface area contributed by atoms with E-state index in [1.165, 1.54) is 15.6 Å². The Kier molecular flexibility index (Phi) is 7.07. The highest BCUT2D eigenvalue weighted by Crippen LogP contribution is 2.30. The normalized spacial score (nSPS) is 12.0. The van der Waals surface area contributed by atoms with Gasteiger partial charge in [-0.2, -0.15) is 4.31 Å². The maximum Gasteiger partial charge on any atom is 0.243 e. The first kappa shape index (κ1) is 23.4. The van der Waals surface area contributed by atoms with E-state index in [-0.39, 0.29) is 17.2 Å². The van der Waals surface area contributed by atoms with Gasteiger partial charge in [0.15, 0.2) is 5.13 Å². The number of rotatable bonds is 9. The quantitative estimate of drug-likeness (QED) is 0.345. The number of amides is 1. The monoisotopic (exact) mass is 481 g/mol. The van der Waals surface area contributed by atoms with Crippen molar-refractivity contribution >= 4 is 53.4 Å². The van der Waals surface area contributed by atoms with Crippen LogP contribution in [0.4, 0.5) is 5.13 Å². The molecule has 0 aliphatic carbocycles. The zero-order chi connectivity index (χ0) is 23.4. The fourth-order valence-electron chi connectivity index (χ4n) is 3.90. The number of carbonyl (C=O) groups is 1. The van der Waals surface area contributed by atoms with Crippen LogP contribution in [0.2, 0.25) is 0 Å². The maximum atomic E-state index is 13.1. The Morgan fingerprint density at radius 3 is 2.48 bits per heavy atom. The van der Waals surface area contributed by atoms with E-state index in [2.05, 4.69) is 10.3 Å². The minimum absolute atomic E-state index is 0.157. The van der Waals surface area contributed by atoms with Gasteiger partial charge >= 0.3 is 0 Å². The van der Waals surface area contributed by atoms with Crippen LogP contribution in [0.25, 0.3) is 21.0 Å². The summed E-state index contributed by atoms with van der Waals surface area (Å²) in [6.07, 6.45) is 1.75. The van der Waals surface area contributed by atoms with Gasteiger partial charge in [0.1, 0.15) is 0 Å². The third-order valence-electron chi connectivity index (χ3n) is 5.42. The highest BCUT2D eigenvalue weighted by molar-refractivity contribution is 7.89. The lowest BCUT2D eigenvalue weighted by atomic mass is 10.0. The van der Waals surface area contributed by atoms with Gasteiger partial charge < -0.3 is 5.32 Å². The molecule has 0 radical (unpaired) electrons. The number of hydrogen-bond acceptors (Lipinski definition) is 5. The first-order valence-electron chi connectivity index (χ1n) is 11.1. The van der Waals surface area contributed by atoms with Gasteiger partial charge in [-0.3, -0.25) is 4.79 Å². The highest BCUT2D eigenvalue weighted by Gasteiger charge is 2.24. The van der Waals surface area contributed by atoms with Crippen molar-refractivity contribution in [3.8, 4) is 0 Å². The van der Waals surface area contributed by atoms with Crippen LogP contribution in [-0.2, 0) is 21.2 Å². The lowest BCUT2D eigenvalue weighted by Crippen LogP contribution is -2.32. The summed E-state index contributed by atoms with van der Waals surface area (Å²) in [6, 6.07) is 18.9. The van der Waals surface area contributed by atoms with E-state index in [9.17, 15) is 13.2 Å². The van der Waals surface area contributed by atoms with Crippen molar-refractivity contribution in [2.24, 2.45) is 0 Å². The fourth-order valence-corrected chi connectivity index (χ4v) is 6.55. The Morgan fingerprint density at radius 2 is 1.73 bits per heavy atom. The number of anilines is 1. The molecule has 8 heteroatoms. The van der Waals surface area contributed by atoms with E-state index in [1.54, 1.807) is 18.2 Å². The van der Waals surface area contributed by atoms with Gasteiger partial charge in [0.05, 0.1) is 21.5 Å². The third kappa shape index (κ3) is 5.08. The van der Waals surface area contributed by atoms with Crippen molar-refractivity contribution in [1.82, 2.24) is 9.29 Å². The number of hydrogen-bond donors (Lipinski definition) is 1. The van der Waals surface area contributed by atoms with Crippen LogP contribution < -0.4 is 5.32 Å². The molecule has 0 spiro atoms. The summed E-state index contributed by atoms with van der Waals surface area (Å²) in [5, 5.41) is 5.48. The molecule has 1 amide bonds. The number of aromatic nitrogens is 1. The molecule has 6 nitrogen and oxygen atoms in total. The summed E-state index contributed by atoms with van der Waals surface area (Å²) in [6.45, 7) is 4.92. The number of sulfonamides is 1. The predicted octanol–water partition coefficient (Wildman–Crippen LogP) is 5.44. The summed E-state index contributed by atoms with van der Waals surface area (Å²) >= 11 is 1.28. The van der Waals surface area contributed by atoms with Gasteiger partial charge in [-0.1, -0.05) is 67.6 Å². The highest BCUT2D eigenvalue weighted by atomic mass is 32.2. The second-order valence-electron chi connectivity index (χ2n) is 7.92. The van der Waals surface area contributed by atoms with Crippen molar-refractivity contribution in [2.45, 2.75) is 38.0 Å². The van der Waals surface area contributed by atoms with E-state index in [1.807, 2.05) is 56.3 Å². The molecule has 4 aromatic rings. The molecule has 1 aromatic heterocycles. The lowest BCUT2D eigenvalue weighted by Gasteiger charge is -2.20. The summed E-state index contributed by atoms with van der Waals surface area (Å²) < 4.78 is 28.4. The minimum atomic E-state index is -3.57.